The maximum Gasteiger partial charge on any atom is 0.0670 e. The van der Waals surface area contributed by atoms with Gasteiger partial charge in [0.25, 0.3) is 0 Å². The van der Waals surface area contributed by atoms with E-state index in [4.69, 9.17) is 10.5 Å². The summed E-state index contributed by atoms with van der Waals surface area (Å²) >= 11 is 3.49. The Bertz CT molecular complexity index is 384. The summed E-state index contributed by atoms with van der Waals surface area (Å²) in [6.45, 7) is 5.34. The maximum atomic E-state index is 5.83. The predicted molar refractivity (Wildman–Crippen MR) is 74.3 cm³/mol. The van der Waals surface area contributed by atoms with Gasteiger partial charge in [0.05, 0.1) is 19.3 Å². The quantitative estimate of drug-likeness (QED) is 0.932. The summed E-state index contributed by atoms with van der Waals surface area (Å²) in [5.41, 5.74) is 8.28. The lowest BCUT2D eigenvalue weighted by atomic mass is 10.1. The number of morpholine rings is 1. The van der Waals surface area contributed by atoms with Crippen molar-refractivity contribution in [1.82, 2.24) is 0 Å². The Morgan fingerprint density at radius 3 is 3.06 bits per heavy atom. The summed E-state index contributed by atoms with van der Waals surface area (Å²) < 4.78 is 6.63. The summed E-state index contributed by atoms with van der Waals surface area (Å²) in [5.74, 6) is 0. The molecule has 17 heavy (non-hydrogen) atoms. The van der Waals surface area contributed by atoms with Gasteiger partial charge >= 0.3 is 0 Å². The van der Waals surface area contributed by atoms with Crippen LogP contribution in [0.4, 0.5) is 5.69 Å². The number of rotatable bonds is 3. The van der Waals surface area contributed by atoms with E-state index in [0.29, 0.717) is 12.6 Å². The predicted octanol–water partition coefficient (Wildman–Crippen LogP) is 2.52. The molecule has 1 aliphatic rings. The molecule has 0 amide bonds. The minimum absolute atomic E-state index is 0.468. The minimum Gasteiger partial charge on any atom is -0.377 e. The van der Waals surface area contributed by atoms with Crippen LogP contribution in [0.5, 0.6) is 0 Å². The Labute approximate surface area is 111 Å². The molecule has 0 aromatic heterocycles. The second-order valence-corrected chi connectivity index (χ2v) is 5.22. The van der Waals surface area contributed by atoms with Crippen LogP contribution in [0.15, 0.2) is 22.7 Å². The molecule has 1 fully saturated rings. The van der Waals surface area contributed by atoms with Gasteiger partial charge in [-0.1, -0.05) is 22.9 Å². The van der Waals surface area contributed by atoms with Crippen LogP contribution in [-0.2, 0) is 11.3 Å². The molecular weight excluding hydrogens is 280 g/mol. The highest BCUT2D eigenvalue weighted by atomic mass is 79.9. The smallest absolute Gasteiger partial charge is 0.0670 e. The van der Waals surface area contributed by atoms with Gasteiger partial charge < -0.3 is 15.4 Å². The molecule has 2 N–H and O–H groups in total. The molecule has 0 aliphatic carbocycles. The lowest BCUT2D eigenvalue weighted by Gasteiger charge is -2.38. The van der Waals surface area contributed by atoms with Gasteiger partial charge in [-0.15, -0.1) is 0 Å². The van der Waals surface area contributed by atoms with Gasteiger partial charge in [0.15, 0.2) is 0 Å². The summed E-state index contributed by atoms with van der Waals surface area (Å²) in [7, 11) is 0. The van der Waals surface area contributed by atoms with Crippen molar-refractivity contribution in [3.8, 4) is 0 Å². The van der Waals surface area contributed by atoms with Gasteiger partial charge in [0.1, 0.15) is 0 Å². The van der Waals surface area contributed by atoms with Gasteiger partial charge in [-0.25, -0.2) is 0 Å². The Kier molecular flexibility index (Phi) is 4.42. The van der Waals surface area contributed by atoms with Crippen LogP contribution in [0, 0.1) is 0 Å². The first-order valence-electron chi connectivity index (χ1n) is 6.09. The largest absolute Gasteiger partial charge is 0.377 e. The number of hydrogen-bond acceptors (Lipinski definition) is 3. The standard InChI is InChI=1S/C13H19BrN2O/c1-2-12-9-17-6-5-16(12)13-4-3-11(14)7-10(13)8-15/h3-4,7,12H,2,5-6,8-9,15H2,1H3. The third-order valence-corrected chi connectivity index (χ3v) is 3.76. The van der Waals surface area contributed by atoms with Crippen LogP contribution in [-0.4, -0.2) is 25.8 Å². The molecule has 1 aromatic rings. The molecule has 0 radical (unpaired) electrons. The number of anilines is 1. The first kappa shape index (κ1) is 12.9. The molecule has 0 saturated carbocycles. The molecule has 4 heteroatoms. The molecular formula is C13H19BrN2O. The minimum atomic E-state index is 0.468. The van der Waals surface area contributed by atoms with Crippen LogP contribution in [0.2, 0.25) is 0 Å². The first-order valence-corrected chi connectivity index (χ1v) is 6.88. The number of benzene rings is 1. The van der Waals surface area contributed by atoms with E-state index in [0.717, 1.165) is 30.7 Å². The lowest BCUT2D eigenvalue weighted by Crippen LogP contribution is -2.45. The molecule has 94 valence electrons. The lowest BCUT2D eigenvalue weighted by molar-refractivity contribution is 0.0929. The van der Waals surface area contributed by atoms with E-state index in [9.17, 15) is 0 Å². The van der Waals surface area contributed by atoms with Crippen molar-refractivity contribution in [2.24, 2.45) is 5.73 Å². The van der Waals surface area contributed by atoms with Crippen LogP contribution >= 0.6 is 15.9 Å². The van der Waals surface area contributed by atoms with Gasteiger partial charge in [0.2, 0.25) is 0 Å². The van der Waals surface area contributed by atoms with Gasteiger partial charge in [-0.05, 0) is 30.2 Å². The van der Waals surface area contributed by atoms with Crippen LogP contribution in [0.1, 0.15) is 18.9 Å². The zero-order valence-electron chi connectivity index (χ0n) is 10.2. The number of nitrogens with two attached hydrogens (primary N) is 1. The van der Waals surface area contributed by atoms with Crippen molar-refractivity contribution in [2.75, 3.05) is 24.7 Å². The molecule has 0 bridgehead atoms. The molecule has 1 saturated heterocycles. The SMILES string of the molecule is CCC1COCCN1c1ccc(Br)cc1CN. The van der Waals surface area contributed by atoms with Crippen molar-refractivity contribution in [3.63, 3.8) is 0 Å². The highest BCUT2D eigenvalue weighted by Crippen LogP contribution is 2.28. The van der Waals surface area contributed by atoms with Crippen molar-refractivity contribution in [3.05, 3.63) is 28.2 Å². The fourth-order valence-corrected chi connectivity index (χ4v) is 2.72. The average molecular weight is 299 g/mol. The first-order chi connectivity index (χ1) is 8.26. The van der Waals surface area contributed by atoms with E-state index < -0.39 is 0 Å². The Hall–Kier alpha value is -0.580. The summed E-state index contributed by atoms with van der Waals surface area (Å²) in [6, 6.07) is 6.81. The summed E-state index contributed by atoms with van der Waals surface area (Å²) in [5, 5.41) is 0. The van der Waals surface area contributed by atoms with E-state index in [-0.39, 0.29) is 0 Å². The van der Waals surface area contributed by atoms with E-state index >= 15 is 0 Å². The Morgan fingerprint density at radius 2 is 2.35 bits per heavy atom. The van der Waals surface area contributed by atoms with Crippen molar-refractivity contribution >= 4 is 21.6 Å². The number of hydrogen-bond donors (Lipinski definition) is 1. The van der Waals surface area contributed by atoms with Crippen molar-refractivity contribution < 1.29 is 4.74 Å². The molecule has 1 aromatic carbocycles. The van der Waals surface area contributed by atoms with Crippen molar-refractivity contribution in [1.29, 1.82) is 0 Å². The highest BCUT2D eigenvalue weighted by molar-refractivity contribution is 9.10. The van der Waals surface area contributed by atoms with Crippen LogP contribution < -0.4 is 10.6 Å². The third kappa shape index (κ3) is 2.81. The molecule has 3 nitrogen and oxygen atoms in total. The maximum absolute atomic E-state index is 5.83. The average Bonchev–Trinajstić information content (AvgIpc) is 2.38. The molecule has 1 aliphatic heterocycles. The van der Waals surface area contributed by atoms with Gasteiger partial charge in [0, 0.05) is 23.2 Å². The topological polar surface area (TPSA) is 38.5 Å². The molecule has 1 unspecified atom stereocenters. The monoisotopic (exact) mass is 298 g/mol. The Morgan fingerprint density at radius 1 is 1.53 bits per heavy atom. The molecule has 2 rings (SSSR count). The van der Waals surface area contributed by atoms with E-state index in [1.165, 1.54) is 11.3 Å². The zero-order chi connectivity index (χ0) is 12.3. The summed E-state index contributed by atoms with van der Waals surface area (Å²) in [4.78, 5) is 2.43. The fraction of sp³-hybridized carbons (Fsp3) is 0.538. The second kappa shape index (κ2) is 5.85. The molecule has 1 atom stereocenters. The molecule has 0 spiro atoms. The fourth-order valence-electron chi connectivity index (χ4n) is 2.31. The van der Waals surface area contributed by atoms with Crippen molar-refractivity contribution in [2.45, 2.75) is 25.9 Å². The number of ether oxygens (including phenoxy) is 1. The van der Waals surface area contributed by atoms with Crippen LogP contribution in [0.3, 0.4) is 0 Å². The van der Waals surface area contributed by atoms with Gasteiger partial charge in [-0.3, -0.25) is 0 Å². The van der Waals surface area contributed by atoms with Gasteiger partial charge in [-0.2, -0.15) is 0 Å². The molecule has 1 heterocycles. The number of halogens is 1. The van der Waals surface area contributed by atoms with Crippen LogP contribution in [0.25, 0.3) is 0 Å². The second-order valence-electron chi connectivity index (χ2n) is 4.31. The van der Waals surface area contributed by atoms with E-state index in [1.807, 2.05) is 0 Å². The number of nitrogens with zero attached hydrogens (tertiary/aromatic N) is 1. The van der Waals surface area contributed by atoms with E-state index in [1.54, 1.807) is 0 Å². The third-order valence-electron chi connectivity index (χ3n) is 3.27. The summed E-state index contributed by atoms with van der Waals surface area (Å²) in [6.07, 6.45) is 1.10. The normalized spacial score (nSPS) is 20.6. The van der Waals surface area contributed by atoms with E-state index in [2.05, 4.69) is 46.0 Å². The Balaban J connectivity index is 2.30. The highest BCUT2D eigenvalue weighted by Gasteiger charge is 2.23. The zero-order valence-corrected chi connectivity index (χ0v) is 11.7.